The molecule has 168 valence electrons. The van der Waals surface area contributed by atoms with E-state index in [1.165, 1.54) is 24.3 Å². The lowest BCUT2D eigenvalue weighted by atomic mass is 10.0. The fourth-order valence-electron chi connectivity index (χ4n) is 3.62. The normalized spacial score (nSPS) is 13.5. The van der Waals surface area contributed by atoms with Crippen LogP contribution in [0, 0.1) is 5.82 Å². The first kappa shape index (κ1) is 22.1. The Hall–Kier alpha value is -4.13. The molecule has 33 heavy (non-hydrogen) atoms. The predicted molar refractivity (Wildman–Crippen MR) is 125 cm³/mol. The maximum Gasteiger partial charge on any atom is 0.282 e. The van der Waals surface area contributed by atoms with Gasteiger partial charge in [0.05, 0.1) is 24.5 Å². The molecule has 3 aromatic carbocycles. The number of amides is 2. The SMILES string of the molecule is CCOc1ccc(NC2=C(c3ccccc3)C(=O)N(c3ccc(F)cc3)C2=O)cc1OCC. The van der Waals surface area contributed by atoms with E-state index in [9.17, 15) is 14.0 Å². The number of imide groups is 1. The predicted octanol–water partition coefficient (Wildman–Crippen LogP) is 5.02. The van der Waals surface area contributed by atoms with Crippen molar-refractivity contribution >= 4 is 28.8 Å². The summed E-state index contributed by atoms with van der Waals surface area (Å²) in [6, 6.07) is 19.4. The van der Waals surface area contributed by atoms with Gasteiger partial charge in [-0.3, -0.25) is 9.59 Å². The average Bonchev–Trinajstić information content (AvgIpc) is 3.06. The molecule has 0 fully saturated rings. The fraction of sp³-hybridized carbons (Fsp3) is 0.154. The summed E-state index contributed by atoms with van der Waals surface area (Å²) in [4.78, 5) is 27.8. The molecule has 0 spiro atoms. The van der Waals surface area contributed by atoms with E-state index in [4.69, 9.17) is 9.47 Å². The molecule has 0 radical (unpaired) electrons. The Morgan fingerprint density at radius 1 is 0.818 bits per heavy atom. The zero-order chi connectivity index (χ0) is 23.4. The van der Waals surface area contributed by atoms with Crippen LogP contribution in [0.3, 0.4) is 0 Å². The summed E-state index contributed by atoms with van der Waals surface area (Å²) in [5.74, 6) is -0.360. The largest absolute Gasteiger partial charge is 0.490 e. The molecule has 3 aromatic rings. The second-order valence-electron chi connectivity index (χ2n) is 7.19. The first-order valence-electron chi connectivity index (χ1n) is 10.6. The monoisotopic (exact) mass is 446 g/mol. The van der Waals surface area contributed by atoms with Crippen LogP contribution >= 0.6 is 0 Å². The molecule has 7 heteroatoms. The highest BCUT2D eigenvalue weighted by Gasteiger charge is 2.40. The van der Waals surface area contributed by atoms with Crippen LogP contribution in [0.25, 0.3) is 5.57 Å². The van der Waals surface area contributed by atoms with Gasteiger partial charge in [-0.1, -0.05) is 30.3 Å². The van der Waals surface area contributed by atoms with E-state index >= 15 is 0 Å². The summed E-state index contributed by atoms with van der Waals surface area (Å²) in [6.07, 6.45) is 0. The van der Waals surface area contributed by atoms with Crippen molar-refractivity contribution < 1.29 is 23.5 Å². The summed E-state index contributed by atoms with van der Waals surface area (Å²) in [5, 5.41) is 3.11. The first-order chi connectivity index (χ1) is 16.0. The molecule has 1 aliphatic heterocycles. The standard InChI is InChI=1S/C26H23FN2O4/c1-3-32-21-15-12-19(16-22(21)33-4-2)28-24-23(17-8-6-5-7-9-17)25(30)29(26(24)31)20-13-10-18(27)11-14-20/h5-16,28H,3-4H2,1-2H3. The van der Waals surface area contributed by atoms with Gasteiger partial charge >= 0.3 is 0 Å². The molecule has 1 N–H and O–H groups in total. The first-order valence-corrected chi connectivity index (χ1v) is 10.6. The number of ether oxygens (including phenoxy) is 2. The lowest BCUT2D eigenvalue weighted by Crippen LogP contribution is -2.32. The zero-order valence-corrected chi connectivity index (χ0v) is 18.3. The number of benzene rings is 3. The molecule has 6 nitrogen and oxygen atoms in total. The molecule has 4 rings (SSSR count). The number of nitrogens with zero attached hydrogens (tertiary/aromatic N) is 1. The van der Waals surface area contributed by atoms with Crippen LogP contribution < -0.4 is 19.7 Å². The van der Waals surface area contributed by atoms with Crippen molar-refractivity contribution in [1.29, 1.82) is 0 Å². The van der Waals surface area contributed by atoms with Gasteiger partial charge in [0.25, 0.3) is 11.8 Å². The number of halogens is 1. The van der Waals surface area contributed by atoms with E-state index in [2.05, 4.69) is 5.32 Å². The maximum atomic E-state index is 13.4. The van der Waals surface area contributed by atoms with E-state index < -0.39 is 17.6 Å². The highest BCUT2D eigenvalue weighted by atomic mass is 19.1. The molecular weight excluding hydrogens is 423 g/mol. The molecule has 0 saturated heterocycles. The smallest absolute Gasteiger partial charge is 0.282 e. The third-order valence-corrected chi connectivity index (χ3v) is 5.04. The third kappa shape index (κ3) is 4.43. The molecule has 0 aromatic heterocycles. The quantitative estimate of drug-likeness (QED) is 0.492. The van der Waals surface area contributed by atoms with Crippen molar-refractivity contribution in [2.45, 2.75) is 13.8 Å². The van der Waals surface area contributed by atoms with Crippen LogP contribution in [0.2, 0.25) is 0 Å². The van der Waals surface area contributed by atoms with E-state index in [0.717, 1.165) is 4.90 Å². The van der Waals surface area contributed by atoms with Crippen LogP contribution in [-0.2, 0) is 9.59 Å². The molecule has 0 unspecified atom stereocenters. The summed E-state index contributed by atoms with van der Waals surface area (Å²) < 4.78 is 24.7. The number of carbonyl (C=O) groups excluding carboxylic acids is 2. The number of hydrogen-bond donors (Lipinski definition) is 1. The summed E-state index contributed by atoms with van der Waals surface area (Å²) in [6.45, 7) is 4.67. The van der Waals surface area contributed by atoms with Crippen LogP contribution in [0.15, 0.2) is 78.5 Å². The molecule has 0 saturated carbocycles. The van der Waals surface area contributed by atoms with Crippen molar-refractivity contribution in [1.82, 2.24) is 0 Å². The molecule has 0 aliphatic carbocycles. The average molecular weight is 446 g/mol. The molecular formula is C26H23FN2O4. The number of carbonyl (C=O) groups is 2. The van der Waals surface area contributed by atoms with Gasteiger partial charge in [0.15, 0.2) is 11.5 Å². The van der Waals surface area contributed by atoms with Crippen LogP contribution in [0.5, 0.6) is 11.5 Å². The van der Waals surface area contributed by atoms with Crippen molar-refractivity contribution in [3.63, 3.8) is 0 Å². The summed E-state index contributed by atoms with van der Waals surface area (Å²) in [5.41, 5.74) is 1.81. The molecule has 1 aliphatic rings. The Balaban J connectivity index is 1.77. The highest BCUT2D eigenvalue weighted by Crippen LogP contribution is 2.36. The van der Waals surface area contributed by atoms with E-state index in [-0.39, 0.29) is 11.3 Å². The van der Waals surface area contributed by atoms with Crippen LogP contribution in [0.4, 0.5) is 15.8 Å². The number of rotatable bonds is 8. The topological polar surface area (TPSA) is 67.9 Å². The molecule has 2 amide bonds. The summed E-state index contributed by atoms with van der Waals surface area (Å²) >= 11 is 0. The van der Waals surface area contributed by atoms with Gasteiger partial charge in [-0.15, -0.1) is 0 Å². The number of nitrogens with one attached hydrogen (secondary N) is 1. The van der Waals surface area contributed by atoms with Gasteiger partial charge in [-0.25, -0.2) is 9.29 Å². The maximum absolute atomic E-state index is 13.4. The number of anilines is 2. The summed E-state index contributed by atoms with van der Waals surface area (Å²) in [7, 11) is 0. The van der Waals surface area contributed by atoms with E-state index in [0.29, 0.717) is 41.7 Å². The minimum absolute atomic E-state index is 0.127. The molecule has 0 bridgehead atoms. The van der Waals surface area contributed by atoms with Gasteiger partial charge in [0.2, 0.25) is 0 Å². The Bertz CT molecular complexity index is 1210. The van der Waals surface area contributed by atoms with Gasteiger partial charge in [0, 0.05) is 11.8 Å². The Kier molecular flexibility index (Phi) is 6.40. The van der Waals surface area contributed by atoms with E-state index in [1.54, 1.807) is 42.5 Å². The van der Waals surface area contributed by atoms with Gasteiger partial charge in [0.1, 0.15) is 11.5 Å². The third-order valence-electron chi connectivity index (χ3n) is 5.04. The molecule has 0 atom stereocenters. The van der Waals surface area contributed by atoms with Crippen LogP contribution in [0.1, 0.15) is 19.4 Å². The van der Waals surface area contributed by atoms with Gasteiger partial charge in [-0.05, 0) is 55.8 Å². The van der Waals surface area contributed by atoms with Crippen LogP contribution in [-0.4, -0.2) is 25.0 Å². The lowest BCUT2D eigenvalue weighted by Gasteiger charge is -2.16. The lowest BCUT2D eigenvalue weighted by molar-refractivity contribution is -0.120. The number of hydrogen-bond acceptors (Lipinski definition) is 5. The zero-order valence-electron chi connectivity index (χ0n) is 18.3. The van der Waals surface area contributed by atoms with Crippen molar-refractivity contribution in [2.24, 2.45) is 0 Å². The van der Waals surface area contributed by atoms with E-state index in [1.807, 2.05) is 19.9 Å². The van der Waals surface area contributed by atoms with Gasteiger partial charge < -0.3 is 14.8 Å². The molecule has 1 heterocycles. The second kappa shape index (κ2) is 9.56. The van der Waals surface area contributed by atoms with Gasteiger partial charge in [-0.2, -0.15) is 0 Å². The Morgan fingerprint density at radius 2 is 1.48 bits per heavy atom. The van der Waals surface area contributed by atoms with Crippen molar-refractivity contribution in [2.75, 3.05) is 23.4 Å². The van der Waals surface area contributed by atoms with Crippen molar-refractivity contribution in [3.05, 3.63) is 89.9 Å². The minimum atomic E-state index is -0.530. The minimum Gasteiger partial charge on any atom is -0.490 e. The van der Waals surface area contributed by atoms with Crippen molar-refractivity contribution in [3.8, 4) is 11.5 Å². The Labute approximate surface area is 191 Å². The highest BCUT2D eigenvalue weighted by molar-refractivity contribution is 6.46. The Morgan fingerprint density at radius 3 is 2.15 bits per heavy atom. The fourth-order valence-corrected chi connectivity index (χ4v) is 3.62. The second-order valence-corrected chi connectivity index (χ2v) is 7.19.